The minimum absolute atomic E-state index is 0.0247. The van der Waals surface area contributed by atoms with Crippen LogP contribution in [-0.4, -0.2) is 67.7 Å². The Hall–Kier alpha value is -3.21. The summed E-state index contributed by atoms with van der Waals surface area (Å²) in [7, 11) is 1.47. The third-order valence-electron chi connectivity index (χ3n) is 5.33. The molecule has 0 unspecified atom stereocenters. The Kier molecular flexibility index (Phi) is 5.29. The lowest BCUT2D eigenvalue weighted by Gasteiger charge is -2.29. The van der Waals surface area contributed by atoms with Crippen LogP contribution < -0.4 is 4.90 Å². The number of β-amino-alcohol motifs (C(OH)–C–C–N with tert-alkyl or cyclic N) is 1. The van der Waals surface area contributed by atoms with Crippen molar-refractivity contribution in [2.45, 2.75) is 24.7 Å². The number of hydrogen-bond donors (Lipinski definition) is 1. The van der Waals surface area contributed by atoms with Crippen molar-refractivity contribution in [2.24, 2.45) is 0 Å². The number of aromatic nitrogens is 4. The first-order chi connectivity index (χ1) is 14.7. The van der Waals surface area contributed by atoms with Crippen LogP contribution in [0.3, 0.4) is 0 Å². The van der Waals surface area contributed by atoms with Crippen molar-refractivity contribution >= 4 is 22.9 Å². The van der Waals surface area contributed by atoms with Crippen molar-refractivity contribution in [3.63, 3.8) is 0 Å². The Bertz CT molecular complexity index is 1090. The monoisotopic (exact) mass is 434 g/mol. The molecular formula is C20H21F3N6O2. The number of alkyl halides is 3. The highest BCUT2D eigenvalue weighted by Crippen LogP contribution is 2.31. The Morgan fingerprint density at radius 2 is 1.94 bits per heavy atom. The van der Waals surface area contributed by atoms with E-state index in [9.17, 15) is 23.1 Å². The van der Waals surface area contributed by atoms with Crippen molar-refractivity contribution in [2.75, 3.05) is 31.6 Å². The molecule has 1 amide bonds. The maximum atomic E-state index is 13.5. The first-order valence-electron chi connectivity index (χ1n) is 9.67. The number of nitrogens with zero attached hydrogens (tertiary/aromatic N) is 6. The fourth-order valence-corrected chi connectivity index (χ4v) is 3.85. The second-order valence-corrected chi connectivity index (χ2v) is 7.70. The molecule has 3 aromatic rings. The maximum absolute atomic E-state index is 13.5. The minimum Gasteiger partial charge on any atom is -0.386 e. The number of halogens is 3. The number of aliphatic hydroxyl groups is 1. The van der Waals surface area contributed by atoms with E-state index in [1.165, 1.54) is 24.1 Å². The quantitative estimate of drug-likeness (QED) is 0.661. The number of hydrogen-bond acceptors (Lipinski definition) is 6. The first-order valence-corrected chi connectivity index (χ1v) is 9.67. The number of rotatable bonds is 5. The van der Waals surface area contributed by atoms with Gasteiger partial charge in [0.1, 0.15) is 12.1 Å². The third-order valence-corrected chi connectivity index (χ3v) is 5.33. The van der Waals surface area contributed by atoms with Crippen LogP contribution in [0.25, 0.3) is 11.0 Å². The van der Waals surface area contributed by atoms with E-state index in [0.29, 0.717) is 18.9 Å². The second kappa shape index (κ2) is 7.80. The van der Waals surface area contributed by atoms with Crippen LogP contribution in [0.4, 0.5) is 19.1 Å². The highest BCUT2D eigenvalue weighted by molar-refractivity contribution is 5.81. The Balaban J connectivity index is 1.49. The molecule has 1 fully saturated rings. The summed E-state index contributed by atoms with van der Waals surface area (Å²) in [5.74, 6) is -1.20. The number of amides is 1. The summed E-state index contributed by atoms with van der Waals surface area (Å²) in [6, 6.07) is 7.83. The molecule has 1 aliphatic heterocycles. The molecule has 8 nitrogen and oxygen atoms in total. The largest absolute Gasteiger partial charge is 0.449 e. The Morgan fingerprint density at radius 3 is 2.65 bits per heavy atom. The van der Waals surface area contributed by atoms with Crippen molar-refractivity contribution in [3.05, 3.63) is 48.5 Å². The molecule has 0 radical (unpaired) electrons. The third kappa shape index (κ3) is 4.31. The summed E-state index contributed by atoms with van der Waals surface area (Å²) in [5.41, 5.74) is -0.824. The number of para-hydroxylation sites is 2. The first kappa shape index (κ1) is 21.0. The van der Waals surface area contributed by atoms with Gasteiger partial charge in [0.15, 0.2) is 0 Å². The molecule has 0 aliphatic carbocycles. The van der Waals surface area contributed by atoms with E-state index >= 15 is 0 Å². The summed E-state index contributed by atoms with van der Waals surface area (Å²) >= 11 is 0. The summed E-state index contributed by atoms with van der Waals surface area (Å²) in [6.45, 7) is 0.167. The molecule has 1 atom stereocenters. The molecule has 1 saturated heterocycles. The fourth-order valence-electron chi connectivity index (χ4n) is 3.85. The standard InChI is InChI=1S/C20H21F3N6O2/c1-27(12-19(31)7-10-28(13-19)18-24-8-4-9-25-18)16(30)11-29-15-6-3-2-5-14(15)26-17(29)20(21,22)23/h2-6,8-9,31H,7,10-13H2,1H3/t19-/m0/s1. The highest BCUT2D eigenvalue weighted by atomic mass is 19.4. The van der Waals surface area contributed by atoms with E-state index in [1.807, 2.05) is 4.90 Å². The van der Waals surface area contributed by atoms with Crippen molar-refractivity contribution in [1.29, 1.82) is 0 Å². The molecular weight excluding hydrogens is 413 g/mol. The molecule has 0 bridgehead atoms. The van der Waals surface area contributed by atoms with Crippen molar-refractivity contribution in [3.8, 4) is 0 Å². The van der Waals surface area contributed by atoms with Crippen molar-refractivity contribution in [1.82, 2.24) is 24.4 Å². The van der Waals surface area contributed by atoms with Crippen LogP contribution in [0.15, 0.2) is 42.7 Å². The van der Waals surface area contributed by atoms with Crippen LogP contribution in [0.2, 0.25) is 0 Å². The fraction of sp³-hybridized carbons (Fsp3) is 0.400. The molecule has 1 aliphatic rings. The number of benzene rings is 1. The SMILES string of the molecule is CN(C[C@@]1(O)CCN(c2ncccn2)C1)C(=O)Cn1c(C(F)(F)F)nc2ccccc21. The van der Waals surface area contributed by atoms with Gasteiger partial charge in [0.2, 0.25) is 17.7 Å². The summed E-state index contributed by atoms with van der Waals surface area (Å²) in [5, 5.41) is 10.9. The molecule has 0 spiro atoms. The molecule has 0 saturated carbocycles. The van der Waals surface area contributed by atoms with Gasteiger partial charge in [-0.25, -0.2) is 15.0 Å². The lowest BCUT2D eigenvalue weighted by molar-refractivity contribution is -0.148. The van der Waals surface area contributed by atoms with E-state index in [-0.39, 0.29) is 24.1 Å². The zero-order chi connectivity index (χ0) is 22.2. The van der Waals surface area contributed by atoms with E-state index in [0.717, 1.165) is 4.57 Å². The highest BCUT2D eigenvalue weighted by Gasteiger charge is 2.40. The van der Waals surface area contributed by atoms with Gasteiger partial charge in [0.25, 0.3) is 0 Å². The number of anilines is 1. The molecule has 1 aromatic carbocycles. The molecule has 164 valence electrons. The molecule has 1 N–H and O–H groups in total. The lowest BCUT2D eigenvalue weighted by Crippen LogP contribution is -2.46. The normalized spacial score (nSPS) is 19.2. The van der Waals surface area contributed by atoms with E-state index in [4.69, 9.17) is 0 Å². The van der Waals surface area contributed by atoms with Gasteiger partial charge in [-0.15, -0.1) is 0 Å². The number of carbonyl (C=O) groups excluding carboxylic acids is 1. The predicted octanol–water partition coefficient (Wildman–Crippen LogP) is 1.94. The average molecular weight is 434 g/mol. The summed E-state index contributed by atoms with van der Waals surface area (Å²) in [6.07, 6.45) is -1.12. The van der Waals surface area contributed by atoms with Crippen molar-refractivity contribution < 1.29 is 23.1 Å². The van der Waals surface area contributed by atoms with Crippen LogP contribution >= 0.6 is 0 Å². The van der Waals surface area contributed by atoms with E-state index < -0.39 is 30.1 Å². The average Bonchev–Trinajstić information content (AvgIpc) is 3.30. The molecule has 11 heteroatoms. The molecule has 3 heterocycles. The van der Waals surface area contributed by atoms with Gasteiger partial charge in [0.05, 0.1) is 24.1 Å². The zero-order valence-electron chi connectivity index (χ0n) is 16.7. The van der Waals surface area contributed by atoms with Crippen LogP contribution in [0.5, 0.6) is 0 Å². The van der Waals surface area contributed by atoms with Gasteiger partial charge in [-0.2, -0.15) is 13.2 Å². The van der Waals surface area contributed by atoms with Gasteiger partial charge in [0, 0.05) is 26.0 Å². The zero-order valence-corrected chi connectivity index (χ0v) is 16.7. The van der Waals surface area contributed by atoms with Gasteiger partial charge in [-0.1, -0.05) is 12.1 Å². The summed E-state index contributed by atoms with van der Waals surface area (Å²) in [4.78, 5) is 27.8. The van der Waals surface area contributed by atoms with Crippen LogP contribution in [0, 0.1) is 0 Å². The number of imidazole rings is 1. The summed E-state index contributed by atoms with van der Waals surface area (Å²) < 4.78 is 41.3. The molecule has 4 rings (SSSR count). The smallest absolute Gasteiger partial charge is 0.386 e. The molecule has 31 heavy (non-hydrogen) atoms. The van der Waals surface area contributed by atoms with Gasteiger partial charge in [-0.3, -0.25) is 4.79 Å². The second-order valence-electron chi connectivity index (χ2n) is 7.70. The van der Waals surface area contributed by atoms with Crippen LogP contribution in [0.1, 0.15) is 12.2 Å². The predicted molar refractivity (Wildman–Crippen MR) is 106 cm³/mol. The van der Waals surface area contributed by atoms with E-state index in [1.54, 1.807) is 30.6 Å². The van der Waals surface area contributed by atoms with Crippen LogP contribution in [-0.2, 0) is 17.5 Å². The van der Waals surface area contributed by atoms with E-state index in [2.05, 4.69) is 15.0 Å². The number of fused-ring (bicyclic) bond motifs is 1. The Labute approximate surface area is 175 Å². The lowest BCUT2D eigenvalue weighted by atomic mass is 10.0. The van der Waals surface area contributed by atoms with Gasteiger partial charge >= 0.3 is 6.18 Å². The number of carbonyl (C=O) groups is 1. The minimum atomic E-state index is -4.70. The van der Waals surface area contributed by atoms with Gasteiger partial charge in [-0.05, 0) is 24.6 Å². The van der Waals surface area contributed by atoms with Gasteiger partial charge < -0.3 is 19.5 Å². The maximum Gasteiger partial charge on any atom is 0.449 e. The topological polar surface area (TPSA) is 87.4 Å². The Morgan fingerprint density at radius 1 is 1.23 bits per heavy atom. The number of likely N-dealkylation sites (N-methyl/N-ethyl adjacent to an activating group) is 1. The molecule has 2 aromatic heterocycles.